The Morgan fingerprint density at radius 1 is 0.831 bits per heavy atom. The number of nitrogens with zero attached hydrogens (tertiary/aromatic N) is 6. The van der Waals surface area contributed by atoms with E-state index in [4.69, 9.17) is 44.6 Å². The highest BCUT2D eigenvalue weighted by molar-refractivity contribution is 7.26. The molecule has 2 aliphatic rings. The minimum Gasteiger partial charge on any atom is -0.506 e. The van der Waals surface area contributed by atoms with Gasteiger partial charge in [-0.25, -0.2) is 15.0 Å². The number of thiophene rings is 2. The maximum Gasteiger partial charge on any atom is 0.334 e. The van der Waals surface area contributed by atoms with Crippen molar-refractivity contribution >= 4 is 80.8 Å². The van der Waals surface area contributed by atoms with E-state index < -0.39 is 11.4 Å². The lowest BCUT2D eigenvalue weighted by Crippen LogP contribution is -2.30. The number of phenols is 1. The van der Waals surface area contributed by atoms with E-state index in [1.807, 2.05) is 53.2 Å². The van der Waals surface area contributed by atoms with Crippen LogP contribution in [0.5, 0.6) is 23.0 Å². The van der Waals surface area contributed by atoms with Crippen LogP contribution in [-0.2, 0) is 17.9 Å². The molecule has 0 radical (unpaired) electrons. The maximum absolute atomic E-state index is 14.9. The number of oxazole rings is 2. The van der Waals surface area contributed by atoms with Crippen LogP contribution in [-0.4, -0.2) is 49.4 Å². The quantitative estimate of drug-likeness (QED) is 0.0697. The maximum atomic E-state index is 14.9. The number of hydrogen-bond acceptors (Lipinski definition) is 14. The van der Waals surface area contributed by atoms with Crippen LogP contribution >= 0.6 is 34.3 Å². The summed E-state index contributed by atoms with van der Waals surface area (Å²) in [5, 5.41) is 13.1. The van der Waals surface area contributed by atoms with Gasteiger partial charge in [0.15, 0.2) is 18.2 Å². The number of methoxy groups -OCH3 is 2. The first-order chi connectivity index (χ1) is 34.3. The number of rotatable bonds is 12. The number of phenolic OH excluding ortho intramolecular Hbond substituents is 1. The number of carbonyl (C=O) groups is 1. The molecule has 0 saturated heterocycles. The third-order valence-corrected chi connectivity index (χ3v) is 15.9. The molecule has 0 amide bonds. The number of fused-ring (bicyclic) bond motifs is 6. The van der Waals surface area contributed by atoms with Crippen LogP contribution in [0.1, 0.15) is 80.6 Å². The SMILES string of the molecule is COc1ccc(-c2nc3sc4c(O)ccc(Cl)c4c3c(=O)n2Cc2c[n+](C3CC3c3cc(OC)ccc3-c3nc4sc5c(OC(=O)C(C)(C)C)cccc5c4c(=O)n3Cc3cnco3)co2)c(C2CC2)c1. The van der Waals surface area contributed by atoms with Crippen LogP contribution in [0.4, 0.5) is 0 Å². The van der Waals surface area contributed by atoms with Crippen molar-refractivity contribution in [3.05, 3.63) is 140 Å². The Labute approximate surface area is 417 Å². The van der Waals surface area contributed by atoms with Crippen molar-refractivity contribution in [2.24, 2.45) is 5.41 Å². The van der Waals surface area contributed by atoms with Gasteiger partial charge in [0.1, 0.15) is 50.1 Å². The molecule has 6 aromatic heterocycles. The third-order valence-electron chi connectivity index (χ3n) is 13.4. The molecule has 0 bridgehead atoms. The number of halogens is 1. The molecule has 0 spiro atoms. The van der Waals surface area contributed by atoms with Crippen molar-refractivity contribution in [3.8, 4) is 45.8 Å². The normalized spacial score (nSPS) is 15.9. The van der Waals surface area contributed by atoms with Crippen LogP contribution in [0, 0.1) is 5.41 Å². The summed E-state index contributed by atoms with van der Waals surface area (Å²) in [7, 11) is 3.25. The molecule has 358 valence electrons. The van der Waals surface area contributed by atoms with Gasteiger partial charge in [-0.15, -0.1) is 22.7 Å². The zero-order valence-corrected chi connectivity index (χ0v) is 41.4. The second kappa shape index (κ2) is 16.9. The summed E-state index contributed by atoms with van der Waals surface area (Å²) in [6.45, 7) is 5.49. The molecule has 4 aromatic carbocycles. The summed E-state index contributed by atoms with van der Waals surface area (Å²) >= 11 is 9.27. The molecule has 2 fully saturated rings. The second-order valence-electron chi connectivity index (χ2n) is 19.1. The monoisotopic (exact) mass is 1010 g/mol. The van der Waals surface area contributed by atoms with Gasteiger partial charge in [-0.2, -0.15) is 4.57 Å². The van der Waals surface area contributed by atoms with Crippen LogP contribution in [0.25, 0.3) is 63.4 Å². The fourth-order valence-corrected chi connectivity index (χ4v) is 12.0. The number of esters is 1. The van der Waals surface area contributed by atoms with E-state index in [2.05, 4.69) is 4.98 Å². The third kappa shape index (κ3) is 7.73. The molecule has 2 saturated carbocycles. The van der Waals surface area contributed by atoms with E-state index in [-0.39, 0.29) is 41.9 Å². The summed E-state index contributed by atoms with van der Waals surface area (Å²) in [6, 6.07) is 20.0. The topological polar surface area (TPSA) is 178 Å². The van der Waals surface area contributed by atoms with Crippen LogP contribution in [0.3, 0.4) is 0 Å². The molecule has 1 N–H and O–H groups in total. The Balaban J connectivity index is 0.941. The predicted octanol–water partition coefficient (Wildman–Crippen LogP) is 10.8. The molecule has 71 heavy (non-hydrogen) atoms. The predicted molar refractivity (Wildman–Crippen MR) is 270 cm³/mol. The van der Waals surface area contributed by atoms with Gasteiger partial charge >= 0.3 is 12.4 Å². The Bertz CT molecular complexity index is 3940. The first-order valence-corrected chi connectivity index (χ1v) is 25.0. The van der Waals surface area contributed by atoms with E-state index in [1.54, 1.807) is 74.9 Å². The number of aromatic nitrogens is 6. The van der Waals surface area contributed by atoms with Crippen molar-refractivity contribution in [1.82, 2.24) is 24.1 Å². The molecular formula is C53H44ClN6O9S2+. The van der Waals surface area contributed by atoms with E-state index in [9.17, 15) is 19.5 Å². The molecule has 0 aliphatic heterocycles. The molecule has 15 nitrogen and oxygen atoms in total. The van der Waals surface area contributed by atoms with Gasteiger partial charge in [-0.1, -0.05) is 23.7 Å². The van der Waals surface area contributed by atoms with E-state index in [0.717, 1.165) is 47.3 Å². The molecular weight excluding hydrogens is 964 g/mol. The standard InChI is InChI=1S/C53H43ClN6O9S2/c1-53(2,3)52(64)69-40-8-6-7-33-41-48(70-44(33)40)56-47(59(50(41)62)22-29-20-55-24-67-29)32-14-12-28(66-5)18-35(32)36-19-38(36)58-21-30(68-25-58)23-60-46(31-13-11-27(65-4)17-34(31)26-9-10-26)57-49-43(51(60)63)42-37(54)15-16-39(61)45(42)71-49/h6-8,11-18,20-21,24-26,36,38H,9-10,19,22-23H2,1-5H3/p+1. The smallest absolute Gasteiger partial charge is 0.334 e. The number of ether oxygens (including phenoxy) is 3. The molecule has 10 aromatic rings. The molecule has 12 rings (SSSR count). The van der Waals surface area contributed by atoms with Gasteiger partial charge < -0.3 is 28.2 Å². The average Bonchev–Trinajstić information content (AvgIpc) is 4.12. The van der Waals surface area contributed by atoms with Crippen molar-refractivity contribution in [3.63, 3.8) is 0 Å². The lowest BCUT2D eigenvalue weighted by Gasteiger charge is -2.16. The largest absolute Gasteiger partial charge is 0.506 e. The summed E-state index contributed by atoms with van der Waals surface area (Å²) in [5.74, 6) is 3.49. The summed E-state index contributed by atoms with van der Waals surface area (Å²) in [6.07, 6.45) is 9.24. The lowest BCUT2D eigenvalue weighted by molar-refractivity contribution is -0.704. The van der Waals surface area contributed by atoms with Crippen molar-refractivity contribution in [1.29, 1.82) is 0 Å². The lowest BCUT2D eigenvalue weighted by atomic mass is 9.97. The van der Waals surface area contributed by atoms with Crippen LogP contribution in [0.15, 0.2) is 110 Å². The zero-order chi connectivity index (χ0) is 49.0. The molecule has 6 heterocycles. The molecule has 2 unspecified atom stereocenters. The Hall–Kier alpha value is -7.34. The van der Waals surface area contributed by atoms with Gasteiger partial charge in [0, 0.05) is 28.3 Å². The minimum absolute atomic E-state index is 0.0253. The van der Waals surface area contributed by atoms with Gasteiger partial charge in [-0.3, -0.25) is 23.5 Å². The fourth-order valence-electron chi connectivity index (χ4n) is 9.46. The van der Waals surface area contributed by atoms with Gasteiger partial charge in [-0.05, 0) is 105 Å². The summed E-state index contributed by atoms with van der Waals surface area (Å²) < 4.78 is 35.7. The minimum atomic E-state index is -0.746. The fraction of sp³-hybridized carbons (Fsp3) is 0.264. The van der Waals surface area contributed by atoms with Gasteiger partial charge in [0.05, 0.1) is 70.0 Å². The number of hydrogen-bond donors (Lipinski definition) is 1. The molecule has 2 aliphatic carbocycles. The zero-order valence-electron chi connectivity index (χ0n) is 39.0. The first kappa shape index (κ1) is 44.8. The Morgan fingerprint density at radius 3 is 2.17 bits per heavy atom. The van der Waals surface area contributed by atoms with Crippen molar-refractivity contribution in [2.75, 3.05) is 14.2 Å². The molecule has 18 heteroatoms. The number of carbonyl (C=O) groups excluding carboxylic acids is 1. The van der Waals surface area contributed by atoms with Gasteiger partial charge in [0.2, 0.25) is 6.20 Å². The van der Waals surface area contributed by atoms with Crippen LogP contribution in [0.2, 0.25) is 5.02 Å². The highest BCUT2D eigenvalue weighted by Crippen LogP contribution is 2.52. The number of aromatic hydroxyl groups is 1. The van der Waals surface area contributed by atoms with E-state index >= 15 is 0 Å². The highest BCUT2D eigenvalue weighted by Gasteiger charge is 2.49. The van der Waals surface area contributed by atoms with E-state index in [1.165, 1.54) is 35.1 Å². The average molecular weight is 1010 g/mol. The summed E-state index contributed by atoms with van der Waals surface area (Å²) in [5.41, 5.74) is 2.17. The highest BCUT2D eigenvalue weighted by atomic mass is 35.5. The Kier molecular flexibility index (Phi) is 10.7. The Morgan fingerprint density at radius 2 is 1.49 bits per heavy atom. The van der Waals surface area contributed by atoms with Gasteiger partial charge in [0.25, 0.3) is 11.1 Å². The summed E-state index contributed by atoms with van der Waals surface area (Å²) in [4.78, 5) is 58.4. The van der Waals surface area contributed by atoms with Crippen LogP contribution < -0.4 is 29.9 Å². The van der Waals surface area contributed by atoms with E-state index in [0.29, 0.717) is 86.2 Å². The second-order valence-corrected chi connectivity index (χ2v) is 21.5. The van der Waals surface area contributed by atoms with Crippen molar-refractivity contribution < 1.29 is 37.5 Å². The number of benzene rings is 4. The molecule has 2 atom stereocenters. The van der Waals surface area contributed by atoms with Crippen molar-refractivity contribution in [2.45, 2.75) is 71.0 Å². The first-order valence-electron chi connectivity index (χ1n) is 23.0.